The van der Waals surface area contributed by atoms with Crippen LogP contribution in [-0.4, -0.2) is 54.8 Å². The smallest absolute Gasteiger partial charge is 0.355 e. The van der Waals surface area contributed by atoms with E-state index in [1.54, 1.807) is 16.9 Å². The van der Waals surface area contributed by atoms with Crippen molar-refractivity contribution in [2.45, 2.75) is 88.9 Å². The van der Waals surface area contributed by atoms with Gasteiger partial charge in [0.15, 0.2) is 5.65 Å². The van der Waals surface area contributed by atoms with Crippen LogP contribution < -0.4 is 10.6 Å². The molecule has 0 spiro atoms. The SMILES string of the molecule is CCn1nccc1C(=O)N[C@H](c1cn2nc(C[C@H]3C[C@@H](C(F)(F)F)CNC3=O)c(C3CC3)cc2n1)C1CCC(F)(F)CC1. The van der Waals surface area contributed by atoms with Crippen LogP contribution in [0.15, 0.2) is 24.5 Å². The quantitative estimate of drug-likeness (QED) is 0.352. The fourth-order valence-corrected chi connectivity index (χ4v) is 6.43. The standard InChI is InChI=1S/C29H34F5N7O2/c1-2-40-23(7-10-36-40)27(43)38-25(17-5-8-28(30,31)9-6-17)22-15-41-24(37-22)13-20(16-3-4-16)21(39-41)12-18-11-19(29(32,33)34)14-35-26(18)42/h7,10,13,15-19,25H,2-6,8-9,11-12,14H2,1H3,(H,35,42)(H,38,43)/t18-,19-,25+/m1/s1. The van der Waals surface area contributed by atoms with E-state index in [0.29, 0.717) is 29.3 Å². The first-order chi connectivity index (χ1) is 20.4. The number of nitrogens with one attached hydrogen (secondary N) is 2. The van der Waals surface area contributed by atoms with Gasteiger partial charge in [-0.25, -0.2) is 18.3 Å². The molecule has 0 bridgehead atoms. The van der Waals surface area contributed by atoms with Gasteiger partial charge in [-0.05, 0) is 68.6 Å². The summed E-state index contributed by atoms with van der Waals surface area (Å²) in [6.45, 7) is 1.91. The first kappa shape index (κ1) is 29.5. The van der Waals surface area contributed by atoms with Gasteiger partial charge in [0.25, 0.3) is 5.91 Å². The zero-order valence-electron chi connectivity index (χ0n) is 23.7. The molecule has 3 aromatic heterocycles. The van der Waals surface area contributed by atoms with Crippen LogP contribution in [0.2, 0.25) is 0 Å². The second-order valence-corrected chi connectivity index (χ2v) is 12.1. The molecule has 3 aromatic rings. The Kier molecular flexibility index (Phi) is 7.66. The number of carbonyl (C=O) groups is 2. The molecule has 14 heteroatoms. The van der Waals surface area contributed by atoms with Gasteiger partial charge in [-0.3, -0.25) is 14.3 Å². The summed E-state index contributed by atoms with van der Waals surface area (Å²) in [5, 5.41) is 14.3. The maximum atomic E-state index is 14.1. The largest absolute Gasteiger partial charge is 0.393 e. The van der Waals surface area contributed by atoms with Crippen molar-refractivity contribution in [2.24, 2.45) is 17.8 Å². The highest BCUT2D eigenvalue weighted by molar-refractivity contribution is 5.92. The Labute approximate surface area is 244 Å². The number of imidazole rings is 1. The van der Waals surface area contributed by atoms with Gasteiger partial charge in [-0.2, -0.15) is 23.4 Å². The van der Waals surface area contributed by atoms with Crippen LogP contribution in [-0.2, 0) is 17.8 Å². The van der Waals surface area contributed by atoms with E-state index < -0.39 is 48.3 Å². The third-order valence-electron chi connectivity index (χ3n) is 9.05. The van der Waals surface area contributed by atoms with Gasteiger partial charge in [0.2, 0.25) is 11.8 Å². The number of piperidine rings is 1. The van der Waals surface area contributed by atoms with E-state index in [1.807, 2.05) is 13.0 Å². The number of hydrogen-bond acceptors (Lipinski definition) is 5. The number of alkyl halides is 5. The van der Waals surface area contributed by atoms with Gasteiger partial charge >= 0.3 is 6.18 Å². The van der Waals surface area contributed by atoms with E-state index in [1.165, 1.54) is 10.7 Å². The number of aryl methyl sites for hydroxylation is 1. The number of aromatic nitrogens is 5. The third-order valence-corrected chi connectivity index (χ3v) is 9.05. The Morgan fingerprint density at radius 1 is 1.21 bits per heavy atom. The van der Waals surface area contributed by atoms with Crippen molar-refractivity contribution >= 4 is 17.5 Å². The molecule has 1 saturated heterocycles. The first-order valence-electron chi connectivity index (χ1n) is 14.9. The summed E-state index contributed by atoms with van der Waals surface area (Å²) in [6, 6.07) is 2.77. The summed E-state index contributed by atoms with van der Waals surface area (Å²) < 4.78 is 71.5. The topological polar surface area (TPSA) is 106 Å². The number of fused-ring (bicyclic) bond motifs is 1. The number of nitrogens with zero attached hydrogens (tertiary/aromatic N) is 5. The van der Waals surface area contributed by atoms with E-state index in [0.717, 1.165) is 18.4 Å². The monoisotopic (exact) mass is 607 g/mol. The Hall–Kier alpha value is -3.58. The summed E-state index contributed by atoms with van der Waals surface area (Å²) in [4.78, 5) is 30.7. The minimum absolute atomic E-state index is 0.0621. The summed E-state index contributed by atoms with van der Waals surface area (Å²) in [6.07, 6.45) is 0.138. The predicted octanol–water partition coefficient (Wildman–Crippen LogP) is 4.98. The third kappa shape index (κ3) is 6.23. The van der Waals surface area contributed by atoms with Crippen LogP contribution in [0.5, 0.6) is 0 Å². The lowest BCUT2D eigenvalue weighted by Crippen LogP contribution is -2.47. The summed E-state index contributed by atoms with van der Waals surface area (Å²) in [5.41, 5.74) is 2.70. The van der Waals surface area contributed by atoms with Gasteiger partial charge in [0.05, 0.1) is 29.5 Å². The summed E-state index contributed by atoms with van der Waals surface area (Å²) in [7, 11) is 0. The Bertz CT molecular complexity index is 1500. The van der Waals surface area contributed by atoms with Crippen LogP contribution in [0.4, 0.5) is 22.0 Å². The van der Waals surface area contributed by atoms with Crippen LogP contribution in [0.3, 0.4) is 0 Å². The van der Waals surface area contributed by atoms with Gasteiger partial charge in [-0.1, -0.05) is 0 Å². The molecule has 1 aliphatic heterocycles. The second kappa shape index (κ2) is 11.2. The van der Waals surface area contributed by atoms with Gasteiger partial charge in [0, 0.05) is 44.5 Å². The number of halogens is 5. The number of carbonyl (C=O) groups excluding carboxylic acids is 2. The Balaban J connectivity index is 1.32. The van der Waals surface area contributed by atoms with E-state index >= 15 is 0 Å². The molecule has 232 valence electrons. The molecule has 0 unspecified atom stereocenters. The van der Waals surface area contributed by atoms with Crippen molar-refractivity contribution in [2.75, 3.05) is 6.54 Å². The van der Waals surface area contributed by atoms with Crippen LogP contribution >= 0.6 is 0 Å². The van der Waals surface area contributed by atoms with Gasteiger partial charge in [-0.15, -0.1) is 0 Å². The van der Waals surface area contributed by atoms with Crippen LogP contribution in [0.25, 0.3) is 5.65 Å². The molecule has 9 nitrogen and oxygen atoms in total. The molecule has 2 saturated carbocycles. The van der Waals surface area contributed by atoms with E-state index in [-0.39, 0.29) is 50.4 Å². The molecule has 2 N–H and O–H groups in total. The molecular weight excluding hydrogens is 573 g/mol. The van der Waals surface area contributed by atoms with Crippen molar-refractivity contribution in [3.8, 4) is 0 Å². The van der Waals surface area contributed by atoms with Crippen molar-refractivity contribution in [1.82, 2.24) is 35.0 Å². The molecule has 3 fully saturated rings. The highest BCUT2D eigenvalue weighted by Crippen LogP contribution is 2.44. The molecule has 0 radical (unpaired) electrons. The molecule has 4 heterocycles. The Morgan fingerprint density at radius 2 is 1.95 bits per heavy atom. The number of amides is 2. The minimum Gasteiger partial charge on any atom is -0.355 e. The lowest BCUT2D eigenvalue weighted by Gasteiger charge is -2.33. The van der Waals surface area contributed by atoms with Gasteiger partial charge in [0.1, 0.15) is 5.69 Å². The lowest BCUT2D eigenvalue weighted by molar-refractivity contribution is -0.183. The van der Waals surface area contributed by atoms with E-state index in [2.05, 4.69) is 15.7 Å². The summed E-state index contributed by atoms with van der Waals surface area (Å²) in [5.74, 6) is -6.16. The molecule has 6 rings (SSSR count). The molecule has 3 atom stereocenters. The molecule has 2 amide bonds. The lowest BCUT2D eigenvalue weighted by atomic mass is 9.81. The highest BCUT2D eigenvalue weighted by Gasteiger charge is 2.45. The molecule has 0 aromatic carbocycles. The van der Waals surface area contributed by atoms with E-state index in [4.69, 9.17) is 10.1 Å². The number of rotatable bonds is 8. The van der Waals surface area contributed by atoms with E-state index in [9.17, 15) is 31.5 Å². The normalized spacial score (nSPS) is 23.7. The van der Waals surface area contributed by atoms with Crippen LogP contribution in [0.1, 0.15) is 91.3 Å². The summed E-state index contributed by atoms with van der Waals surface area (Å²) >= 11 is 0. The highest BCUT2D eigenvalue weighted by atomic mass is 19.4. The fraction of sp³-hybridized carbons (Fsp3) is 0.621. The van der Waals surface area contributed by atoms with Crippen molar-refractivity contribution in [3.05, 3.63) is 47.2 Å². The molecule has 2 aliphatic carbocycles. The molecule has 3 aliphatic rings. The average Bonchev–Trinajstić information content (AvgIpc) is 3.53. The van der Waals surface area contributed by atoms with Crippen molar-refractivity contribution < 1.29 is 31.5 Å². The predicted molar refractivity (Wildman–Crippen MR) is 144 cm³/mol. The molecular formula is C29H34F5N7O2. The van der Waals surface area contributed by atoms with Crippen LogP contribution in [0, 0.1) is 17.8 Å². The average molecular weight is 608 g/mol. The zero-order valence-corrected chi connectivity index (χ0v) is 23.7. The van der Waals surface area contributed by atoms with Crippen molar-refractivity contribution in [1.29, 1.82) is 0 Å². The fourth-order valence-electron chi connectivity index (χ4n) is 6.43. The number of hydrogen-bond donors (Lipinski definition) is 2. The minimum atomic E-state index is -4.40. The first-order valence-corrected chi connectivity index (χ1v) is 14.9. The molecule has 43 heavy (non-hydrogen) atoms. The maximum Gasteiger partial charge on any atom is 0.393 e. The zero-order chi connectivity index (χ0) is 30.5. The van der Waals surface area contributed by atoms with Crippen molar-refractivity contribution in [3.63, 3.8) is 0 Å². The Morgan fingerprint density at radius 3 is 2.63 bits per heavy atom. The second-order valence-electron chi connectivity index (χ2n) is 12.1. The maximum absolute atomic E-state index is 14.1. The van der Waals surface area contributed by atoms with Gasteiger partial charge < -0.3 is 10.6 Å².